The molecule has 0 bridgehead atoms. The van der Waals surface area contributed by atoms with Crippen LogP contribution < -0.4 is 20.3 Å². The molecule has 1 aromatic heterocycles. The molecule has 40 heavy (non-hydrogen) atoms. The van der Waals surface area contributed by atoms with Crippen molar-refractivity contribution in [2.75, 3.05) is 43.5 Å². The summed E-state index contributed by atoms with van der Waals surface area (Å²) in [6, 6.07) is 10.2. The lowest BCUT2D eigenvalue weighted by molar-refractivity contribution is -0.134. The van der Waals surface area contributed by atoms with E-state index in [1.165, 1.54) is 13.1 Å². The molecule has 1 aliphatic heterocycles. The molecular weight excluding hydrogens is 522 g/mol. The highest BCUT2D eigenvalue weighted by Crippen LogP contribution is 2.29. The van der Waals surface area contributed by atoms with Crippen LogP contribution in [0.1, 0.15) is 28.4 Å². The van der Waals surface area contributed by atoms with Crippen LogP contribution in [0.5, 0.6) is 5.75 Å². The summed E-state index contributed by atoms with van der Waals surface area (Å²) in [7, 11) is 1.53. The van der Waals surface area contributed by atoms with Gasteiger partial charge in [0.15, 0.2) is 0 Å². The number of piperazine rings is 1. The fourth-order valence-corrected chi connectivity index (χ4v) is 4.65. The van der Waals surface area contributed by atoms with E-state index in [4.69, 9.17) is 5.11 Å². The lowest BCUT2D eigenvalue weighted by Gasteiger charge is -2.39. The maximum atomic E-state index is 12.9. The number of halogens is 2. The number of aliphatic hydroxyl groups is 1. The minimum Gasteiger partial charge on any atom is -0.434 e. The molecule has 0 aliphatic carbocycles. The quantitative estimate of drug-likeness (QED) is 0.369. The lowest BCUT2D eigenvalue weighted by atomic mass is 10.0. The van der Waals surface area contributed by atoms with Crippen molar-refractivity contribution in [3.05, 3.63) is 65.5 Å². The van der Waals surface area contributed by atoms with Crippen LogP contribution in [0.4, 0.5) is 20.4 Å². The molecule has 0 spiro atoms. The van der Waals surface area contributed by atoms with Crippen molar-refractivity contribution in [3.63, 3.8) is 0 Å². The Bertz CT molecular complexity index is 1360. The molecule has 12 heteroatoms. The molecule has 0 radical (unpaired) electrons. The van der Waals surface area contributed by atoms with E-state index in [2.05, 4.69) is 25.3 Å². The third kappa shape index (κ3) is 6.63. The van der Waals surface area contributed by atoms with Crippen LogP contribution >= 0.6 is 0 Å². The number of nitrogens with one attached hydrogen (secondary N) is 2. The monoisotopic (exact) mass is 554 g/mol. The maximum Gasteiger partial charge on any atom is 0.387 e. The highest BCUT2D eigenvalue weighted by atomic mass is 19.3. The SMILES string of the molecule is CNC(=O)c1ccc(-c2cnc(N3CCN(C(=O)CO)CC3C)nc2)cc1NCc1cc(C)ccc1OC(F)F. The van der Waals surface area contributed by atoms with E-state index in [0.29, 0.717) is 48.0 Å². The predicted octanol–water partition coefficient (Wildman–Crippen LogP) is 3.05. The molecule has 212 valence electrons. The molecule has 1 unspecified atom stereocenters. The van der Waals surface area contributed by atoms with Gasteiger partial charge in [0.25, 0.3) is 5.91 Å². The average Bonchev–Trinajstić information content (AvgIpc) is 2.96. The van der Waals surface area contributed by atoms with E-state index in [0.717, 1.165) is 11.1 Å². The number of amides is 2. The average molecular weight is 555 g/mol. The molecule has 0 saturated carbocycles. The zero-order chi connectivity index (χ0) is 28.8. The van der Waals surface area contributed by atoms with Crippen molar-refractivity contribution in [1.29, 1.82) is 0 Å². The summed E-state index contributed by atoms with van der Waals surface area (Å²) < 4.78 is 30.5. The number of alkyl halides is 2. The first kappa shape index (κ1) is 28.7. The van der Waals surface area contributed by atoms with Gasteiger partial charge in [-0.2, -0.15) is 8.78 Å². The minimum atomic E-state index is -2.95. The molecular formula is C28H32F2N6O4. The predicted molar refractivity (Wildman–Crippen MR) is 146 cm³/mol. The Morgan fingerprint density at radius 3 is 2.52 bits per heavy atom. The Morgan fingerprint density at radius 2 is 1.88 bits per heavy atom. The summed E-state index contributed by atoms with van der Waals surface area (Å²) in [5.41, 5.74) is 3.76. The van der Waals surface area contributed by atoms with Crippen LogP contribution in [0.25, 0.3) is 11.1 Å². The second-order valence-corrected chi connectivity index (χ2v) is 9.49. The number of hydrogen-bond acceptors (Lipinski definition) is 8. The normalized spacial score (nSPS) is 15.2. The number of ether oxygens (including phenoxy) is 1. The number of benzene rings is 2. The Labute approximate surface area is 231 Å². The van der Waals surface area contributed by atoms with Crippen LogP contribution in [-0.4, -0.2) is 77.7 Å². The molecule has 4 rings (SSSR count). The summed E-state index contributed by atoms with van der Waals surface area (Å²) in [6.45, 7) is 1.97. The number of aliphatic hydroxyl groups excluding tert-OH is 1. The summed E-state index contributed by atoms with van der Waals surface area (Å²) in [5, 5.41) is 14.9. The number of carbonyl (C=O) groups excluding carboxylic acids is 2. The van der Waals surface area contributed by atoms with Crippen LogP contribution in [-0.2, 0) is 11.3 Å². The van der Waals surface area contributed by atoms with Crippen molar-refractivity contribution < 1.29 is 28.2 Å². The van der Waals surface area contributed by atoms with Gasteiger partial charge in [-0.05, 0) is 37.6 Å². The number of rotatable bonds is 9. The Morgan fingerprint density at radius 1 is 1.12 bits per heavy atom. The number of carbonyl (C=O) groups is 2. The van der Waals surface area contributed by atoms with Gasteiger partial charge in [0.1, 0.15) is 12.4 Å². The summed E-state index contributed by atoms with van der Waals surface area (Å²) in [6.07, 6.45) is 3.38. The van der Waals surface area contributed by atoms with Gasteiger partial charge in [-0.25, -0.2) is 9.97 Å². The second kappa shape index (κ2) is 12.7. The van der Waals surface area contributed by atoms with Crippen LogP contribution in [0.2, 0.25) is 0 Å². The molecule has 3 N–H and O–H groups in total. The topological polar surface area (TPSA) is 120 Å². The minimum absolute atomic E-state index is 0.0293. The molecule has 2 aromatic carbocycles. The third-order valence-corrected chi connectivity index (χ3v) is 6.74. The highest BCUT2D eigenvalue weighted by Gasteiger charge is 2.28. The van der Waals surface area contributed by atoms with E-state index in [1.807, 2.05) is 18.7 Å². The van der Waals surface area contributed by atoms with E-state index in [9.17, 15) is 18.4 Å². The summed E-state index contributed by atoms with van der Waals surface area (Å²) >= 11 is 0. The van der Waals surface area contributed by atoms with E-state index >= 15 is 0 Å². The van der Waals surface area contributed by atoms with Gasteiger partial charge in [0.2, 0.25) is 11.9 Å². The first-order chi connectivity index (χ1) is 19.2. The van der Waals surface area contributed by atoms with Gasteiger partial charge in [0.05, 0.1) is 5.56 Å². The number of nitrogens with zero attached hydrogens (tertiary/aromatic N) is 4. The van der Waals surface area contributed by atoms with Gasteiger partial charge < -0.3 is 30.3 Å². The fourth-order valence-electron chi connectivity index (χ4n) is 4.65. The van der Waals surface area contributed by atoms with Gasteiger partial charge in [-0.15, -0.1) is 0 Å². The summed E-state index contributed by atoms with van der Waals surface area (Å²) in [5.74, 6) is -0.0153. The Balaban J connectivity index is 1.55. The van der Waals surface area contributed by atoms with Crippen molar-refractivity contribution >= 4 is 23.5 Å². The van der Waals surface area contributed by atoms with Gasteiger partial charge in [0, 0.05) is 68.5 Å². The van der Waals surface area contributed by atoms with Crippen molar-refractivity contribution in [3.8, 4) is 16.9 Å². The van der Waals surface area contributed by atoms with E-state index in [-0.39, 0.29) is 30.2 Å². The van der Waals surface area contributed by atoms with Crippen LogP contribution in [0.15, 0.2) is 48.8 Å². The first-order valence-electron chi connectivity index (χ1n) is 12.8. The van der Waals surface area contributed by atoms with E-state index < -0.39 is 13.2 Å². The van der Waals surface area contributed by atoms with Crippen molar-refractivity contribution in [1.82, 2.24) is 20.2 Å². The maximum absolute atomic E-state index is 12.9. The highest BCUT2D eigenvalue weighted by molar-refractivity contribution is 6.00. The molecule has 3 aromatic rings. The van der Waals surface area contributed by atoms with Gasteiger partial charge >= 0.3 is 6.61 Å². The van der Waals surface area contributed by atoms with Crippen molar-refractivity contribution in [2.45, 2.75) is 33.0 Å². The number of anilines is 2. The molecule has 2 amide bonds. The molecule has 2 heterocycles. The number of aromatic nitrogens is 2. The first-order valence-corrected chi connectivity index (χ1v) is 12.8. The Kier molecular flexibility index (Phi) is 9.10. The number of hydrogen-bond donors (Lipinski definition) is 3. The smallest absolute Gasteiger partial charge is 0.387 e. The van der Waals surface area contributed by atoms with Crippen LogP contribution in [0, 0.1) is 6.92 Å². The zero-order valence-electron chi connectivity index (χ0n) is 22.5. The van der Waals surface area contributed by atoms with Crippen molar-refractivity contribution in [2.24, 2.45) is 0 Å². The standard InChI is InChI=1S/C28H32F2N6O4/c1-17-4-7-24(40-27(29)30)20(10-17)12-32-23-11-19(5-6-22(23)26(39)31-3)21-13-33-28(34-14-21)36-9-8-35(15-18(36)2)25(38)16-37/h4-7,10-11,13-14,18,27,32,37H,8-9,12,15-16H2,1-3H3,(H,31,39). The molecule has 10 nitrogen and oxygen atoms in total. The lowest BCUT2D eigenvalue weighted by Crippen LogP contribution is -2.54. The van der Waals surface area contributed by atoms with E-state index in [1.54, 1.807) is 47.6 Å². The largest absolute Gasteiger partial charge is 0.434 e. The molecule has 1 atom stereocenters. The zero-order valence-corrected chi connectivity index (χ0v) is 22.5. The fraction of sp³-hybridized carbons (Fsp3) is 0.357. The second-order valence-electron chi connectivity index (χ2n) is 9.49. The molecule has 1 aliphatic rings. The Hall–Kier alpha value is -4.32. The molecule has 1 fully saturated rings. The third-order valence-electron chi connectivity index (χ3n) is 6.74. The van der Waals surface area contributed by atoms with Gasteiger partial charge in [-0.1, -0.05) is 23.8 Å². The van der Waals surface area contributed by atoms with Gasteiger partial charge in [-0.3, -0.25) is 9.59 Å². The summed E-state index contributed by atoms with van der Waals surface area (Å²) in [4.78, 5) is 37.1. The number of aryl methyl sites for hydroxylation is 1. The molecule has 1 saturated heterocycles. The van der Waals surface area contributed by atoms with Crippen LogP contribution in [0.3, 0.4) is 0 Å².